The van der Waals surface area contributed by atoms with Gasteiger partial charge in [-0.2, -0.15) is 4.57 Å². The topological polar surface area (TPSA) is 55.4 Å². The van der Waals surface area contributed by atoms with Gasteiger partial charge in [0.25, 0.3) is 12.6 Å². The van der Waals surface area contributed by atoms with Gasteiger partial charge in [0.15, 0.2) is 12.4 Å². The number of pyridine rings is 1. The van der Waals surface area contributed by atoms with Crippen molar-refractivity contribution in [1.29, 1.82) is 0 Å². The predicted molar refractivity (Wildman–Crippen MR) is 98.9 cm³/mol. The molecule has 0 aliphatic rings. The van der Waals surface area contributed by atoms with E-state index in [1.54, 1.807) is 35.2 Å². The molecule has 26 heavy (non-hydrogen) atoms. The maximum absolute atomic E-state index is 12.6. The Balaban J connectivity index is 1.56. The highest BCUT2D eigenvalue weighted by Gasteiger charge is 2.16. The number of nitrogens with one attached hydrogen (secondary N) is 1. The van der Waals surface area contributed by atoms with Crippen molar-refractivity contribution >= 4 is 51.0 Å². The summed E-state index contributed by atoms with van der Waals surface area (Å²) in [7, 11) is 0. The van der Waals surface area contributed by atoms with Crippen LogP contribution < -0.4 is 10.0 Å². The van der Waals surface area contributed by atoms with Crippen molar-refractivity contribution in [1.82, 2.24) is 5.48 Å². The molecule has 0 bridgehead atoms. The Hall–Kier alpha value is -2.60. The number of hydroxylamine groups is 1. The van der Waals surface area contributed by atoms with E-state index >= 15 is 0 Å². The second-order valence-electron chi connectivity index (χ2n) is 5.67. The molecule has 0 aliphatic heterocycles. The van der Waals surface area contributed by atoms with Crippen LogP contribution >= 0.6 is 23.2 Å². The molecule has 4 aromatic rings. The van der Waals surface area contributed by atoms with E-state index in [0.717, 1.165) is 16.4 Å². The van der Waals surface area contributed by atoms with E-state index < -0.39 is 0 Å². The monoisotopic (exact) mass is 387 g/mol. The highest BCUT2D eigenvalue weighted by molar-refractivity contribution is 6.34. The number of amides is 1. The van der Waals surface area contributed by atoms with Crippen molar-refractivity contribution in [3.8, 4) is 0 Å². The zero-order valence-electron chi connectivity index (χ0n) is 13.4. The molecule has 7 heteroatoms. The van der Waals surface area contributed by atoms with Crippen LogP contribution in [0.2, 0.25) is 10.0 Å². The van der Waals surface area contributed by atoms with E-state index in [1.165, 1.54) is 0 Å². The van der Waals surface area contributed by atoms with E-state index in [0.29, 0.717) is 21.2 Å². The summed E-state index contributed by atoms with van der Waals surface area (Å²) in [6, 6.07) is 14.5. The predicted octanol–water partition coefficient (Wildman–Crippen LogP) is 4.50. The summed E-state index contributed by atoms with van der Waals surface area (Å²) < 4.78 is 7.41. The lowest BCUT2D eigenvalue weighted by Gasteiger charge is -2.05. The van der Waals surface area contributed by atoms with Crippen LogP contribution in [-0.4, -0.2) is 5.91 Å². The minimum absolute atomic E-state index is 0.0636. The third-order valence-electron chi connectivity index (χ3n) is 3.88. The molecule has 2 aromatic heterocycles. The Labute approximate surface area is 158 Å². The third kappa shape index (κ3) is 3.24. The Morgan fingerprint density at radius 2 is 1.77 bits per heavy atom. The summed E-state index contributed by atoms with van der Waals surface area (Å²) in [5, 5.41) is 2.58. The van der Waals surface area contributed by atoms with Crippen LogP contribution in [-0.2, 0) is 11.6 Å². The Bertz CT molecular complexity index is 1100. The number of furan rings is 1. The van der Waals surface area contributed by atoms with Gasteiger partial charge < -0.3 is 4.42 Å². The van der Waals surface area contributed by atoms with Crippen molar-refractivity contribution in [3.05, 3.63) is 76.5 Å². The van der Waals surface area contributed by atoms with E-state index in [-0.39, 0.29) is 12.6 Å². The lowest BCUT2D eigenvalue weighted by Crippen LogP contribution is -2.38. The summed E-state index contributed by atoms with van der Waals surface area (Å²) in [6.45, 7) is 0.0636. The summed E-state index contributed by atoms with van der Waals surface area (Å²) in [6.07, 6.45) is 3.29. The standard InChI is InChI=1S/C19H12Cl2N2O3/c20-12-8-13(21)10-23(9-12)11-25-22-19(24)15-5-3-7-17-18(15)14-4-1-2-6-16(14)26-17/h1-10H,11H2/p+1. The Morgan fingerprint density at radius 3 is 2.58 bits per heavy atom. The molecule has 0 aliphatic carbocycles. The van der Waals surface area contributed by atoms with Crippen LogP contribution in [0.5, 0.6) is 0 Å². The van der Waals surface area contributed by atoms with E-state index in [4.69, 9.17) is 32.5 Å². The van der Waals surface area contributed by atoms with Crippen LogP contribution in [0.1, 0.15) is 10.4 Å². The lowest BCUT2D eigenvalue weighted by molar-refractivity contribution is -0.735. The third-order valence-corrected chi connectivity index (χ3v) is 4.29. The molecule has 0 radical (unpaired) electrons. The van der Waals surface area contributed by atoms with Gasteiger partial charge in [0.05, 0.1) is 5.56 Å². The van der Waals surface area contributed by atoms with Crippen LogP contribution in [0.4, 0.5) is 0 Å². The zero-order valence-corrected chi connectivity index (χ0v) is 14.9. The normalized spacial score (nSPS) is 11.2. The van der Waals surface area contributed by atoms with E-state index in [9.17, 15) is 4.79 Å². The van der Waals surface area contributed by atoms with Crippen LogP contribution in [0, 0.1) is 0 Å². The molecular weight excluding hydrogens is 375 g/mol. The molecule has 130 valence electrons. The van der Waals surface area contributed by atoms with Gasteiger partial charge in [0, 0.05) is 10.8 Å². The highest BCUT2D eigenvalue weighted by Crippen LogP contribution is 2.31. The van der Waals surface area contributed by atoms with Crippen molar-refractivity contribution in [2.45, 2.75) is 6.73 Å². The molecule has 0 spiro atoms. The molecule has 4 rings (SSSR count). The smallest absolute Gasteiger partial charge is 0.275 e. The largest absolute Gasteiger partial charge is 0.456 e. The van der Waals surface area contributed by atoms with E-state index in [1.807, 2.05) is 30.3 Å². The minimum atomic E-state index is -0.365. The summed E-state index contributed by atoms with van der Waals surface area (Å²) >= 11 is 11.9. The van der Waals surface area contributed by atoms with Crippen LogP contribution in [0.25, 0.3) is 21.9 Å². The number of fused-ring (bicyclic) bond motifs is 3. The molecule has 2 aromatic carbocycles. The fraction of sp³-hybridized carbons (Fsp3) is 0.0526. The number of hydrogen-bond acceptors (Lipinski definition) is 3. The number of rotatable bonds is 4. The van der Waals surface area contributed by atoms with Gasteiger partial charge in [-0.1, -0.05) is 47.5 Å². The number of carbonyl (C=O) groups is 1. The number of halogens is 2. The van der Waals surface area contributed by atoms with Gasteiger partial charge in [0.1, 0.15) is 21.2 Å². The first-order valence-electron chi connectivity index (χ1n) is 7.79. The Kier molecular flexibility index (Phi) is 4.51. The maximum Gasteiger partial charge on any atom is 0.275 e. The van der Waals surface area contributed by atoms with Gasteiger partial charge in [-0.15, -0.1) is 0 Å². The number of para-hydroxylation sites is 1. The summed E-state index contributed by atoms with van der Waals surface area (Å²) in [5.41, 5.74) is 4.30. The second-order valence-corrected chi connectivity index (χ2v) is 6.54. The summed E-state index contributed by atoms with van der Waals surface area (Å²) in [5.74, 6) is -0.365. The van der Waals surface area contributed by atoms with Crippen molar-refractivity contribution in [3.63, 3.8) is 0 Å². The van der Waals surface area contributed by atoms with Crippen molar-refractivity contribution in [2.75, 3.05) is 0 Å². The van der Waals surface area contributed by atoms with Gasteiger partial charge in [-0.25, -0.2) is 10.3 Å². The number of benzene rings is 2. The molecule has 0 unspecified atom stereocenters. The average Bonchev–Trinajstić information content (AvgIpc) is 2.99. The minimum Gasteiger partial charge on any atom is -0.456 e. The molecule has 2 heterocycles. The SMILES string of the molecule is O=C(NOC[n+]1cc(Cl)cc(Cl)c1)c1cccc2oc3ccccc3c12. The maximum atomic E-state index is 12.6. The number of aromatic nitrogens is 1. The fourth-order valence-corrected chi connectivity index (χ4v) is 3.37. The first-order chi connectivity index (χ1) is 12.6. The molecular formula is C19H13Cl2N2O3+. The van der Waals surface area contributed by atoms with Gasteiger partial charge in [-0.05, 0) is 24.3 Å². The molecule has 0 saturated heterocycles. The molecule has 5 nitrogen and oxygen atoms in total. The van der Waals surface area contributed by atoms with Gasteiger partial charge in [-0.3, -0.25) is 4.79 Å². The van der Waals surface area contributed by atoms with Crippen LogP contribution in [0.3, 0.4) is 0 Å². The first-order valence-corrected chi connectivity index (χ1v) is 8.55. The number of hydrogen-bond donors (Lipinski definition) is 1. The van der Waals surface area contributed by atoms with Crippen molar-refractivity contribution in [2.24, 2.45) is 0 Å². The average molecular weight is 388 g/mol. The first kappa shape index (κ1) is 16.8. The molecule has 1 N–H and O–H groups in total. The van der Waals surface area contributed by atoms with Gasteiger partial charge in [0.2, 0.25) is 0 Å². The Morgan fingerprint density at radius 1 is 1.04 bits per heavy atom. The van der Waals surface area contributed by atoms with Gasteiger partial charge >= 0.3 is 0 Å². The molecule has 0 fully saturated rings. The number of carbonyl (C=O) groups excluding carboxylic acids is 1. The van der Waals surface area contributed by atoms with Crippen molar-refractivity contribution < 1.29 is 18.6 Å². The number of nitrogens with zero attached hydrogens (tertiary/aromatic N) is 1. The lowest BCUT2D eigenvalue weighted by atomic mass is 10.1. The zero-order chi connectivity index (χ0) is 18.1. The molecule has 0 atom stereocenters. The highest BCUT2D eigenvalue weighted by atomic mass is 35.5. The second kappa shape index (κ2) is 6.96. The summed E-state index contributed by atoms with van der Waals surface area (Å²) in [4.78, 5) is 17.9. The van der Waals surface area contributed by atoms with E-state index in [2.05, 4.69) is 5.48 Å². The quantitative estimate of drug-likeness (QED) is 0.414. The molecule has 1 amide bonds. The fourth-order valence-electron chi connectivity index (χ4n) is 2.83. The van der Waals surface area contributed by atoms with Crippen LogP contribution in [0.15, 0.2) is 65.3 Å². The molecule has 0 saturated carbocycles.